The van der Waals surface area contributed by atoms with Gasteiger partial charge >= 0.3 is 0 Å². The van der Waals surface area contributed by atoms with Crippen LogP contribution in [-0.4, -0.2) is 39.1 Å². The number of hydrazone groups is 1. The maximum absolute atomic E-state index is 13.4. The third-order valence-electron chi connectivity index (χ3n) is 4.61. The second-order valence-corrected chi connectivity index (χ2v) is 9.63. The van der Waals surface area contributed by atoms with Crippen LogP contribution in [0.15, 0.2) is 76.7 Å². The van der Waals surface area contributed by atoms with Crippen molar-refractivity contribution in [2.75, 3.05) is 18.0 Å². The Hall–Kier alpha value is -3.67. The summed E-state index contributed by atoms with van der Waals surface area (Å²) in [7, 11) is -2.73. The zero-order valence-corrected chi connectivity index (χ0v) is 20.4. The number of carbonyl (C=O) groups is 1. The highest BCUT2D eigenvalue weighted by atomic mass is 35.5. The van der Waals surface area contributed by atoms with E-state index in [2.05, 4.69) is 10.5 Å². The fourth-order valence-electron chi connectivity index (χ4n) is 2.90. The van der Waals surface area contributed by atoms with Crippen molar-refractivity contribution < 1.29 is 22.9 Å². The Balaban J connectivity index is 1.85. The van der Waals surface area contributed by atoms with Gasteiger partial charge in [-0.2, -0.15) is 5.10 Å². The first-order valence-corrected chi connectivity index (χ1v) is 12.0. The Kier molecular flexibility index (Phi) is 8.28. The lowest BCUT2D eigenvalue weighted by atomic mass is 10.2. The summed E-state index contributed by atoms with van der Waals surface area (Å²) in [6.45, 7) is -0.630. The Bertz CT molecular complexity index is 1380. The molecule has 3 rings (SSSR count). The number of nitro groups is 1. The number of methoxy groups -OCH3 is 1. The molecule has 3 aromatic carbocycles. The highest BCUT2D eigenvalue weighted by molar-refractivity contribution is 7.92. The molecule has 1 N–H and O–H groups in total. The van der Waals surface area contributed by atoms with Crippen LogP contribution < -0.4 is 14.5 Å². The van der Waals surface area contributed by atoms with Crippen molar-refractivity contribution >= 4 is 56.7 Å². The molecule has 0 aromatic heterocycles. The Morgan fingerprint density at radius 2 is 1.86 bits per heavy atom. The average Bonchev–Trinajstić information content (AvgIpc) is 2.83. The molecule has 0 spiro atoms. The number of hydrogen-bond donors (Lipinski definition) is 1. The minimum atomic E-state index is -4.18. The van der Waals surface area contributed by atoms with Gasteiger partial charge in [-0.1, -0.05) is 29.3 Å². The van der Waals surface area contributed by atoms with Gasteiger partial charge in [-0.3, -0.25) is 19.2 Å². The van der Waals surface area contributed by atoms with E-state index in [1.165, 1.54) is 61.7 Å². The van der Waals surface area contributed by atoms with Crippen LogP contribution in [0, 0.1) is 10.1 Å². The van der Waals surface area contributed by atoms with Gasteiger partial charge in [-0.25, -0.2) is 13.8 Å². The number of nitrogens with zero attached hydrogens (tertiary/aromatic N) is 3. The van der Waals surface area contributed by atoms with E-state index in [4.69, 9.17) is 27.9 Å². The van der Waals surface area contributed by atoms with Crippen molar-refractivity contribution in [3.05, 3.63) is 92.5 Å². The summed E-state index contributed by atoms with van der Waals surface area (Å²) in [6.07, 6.45) is 1.12. The third-order valence-corrected chi connectivity index (χ3v) is 6.98. The Labute approximate surface area is 210 Å². The summed E-state index contributed by atoms with van der Waals surface area (Å²) in [5, 5.41) is 15.1. The van der Waals surface area contributed by atoms with E-state index in [0.29, 0.717) is 5.75 Å². The predicted molar refractivity (Wildman–Crippen MR) is 133 cm³/mol. The first-order chi connectivity index (χ1) is 16.6. The monoisotopic (exact) mass is 536 g/mol. The molecule has 0 saturated carbocycles. The van der Waals surface area contributed by atoms with Crippen molar-refractivity contribution in [1.29, 1.82) is 0 Å². The van der Waals surface area contributed by atoms with Crippen molar-refractivity contribution in [3.63, 3.8) is 0 Å². The van der Waals surface area contributed by atoms with E-state index in [0.717, 1.165) is 10.5 Å². The number of halogens is 2. The fraction of sp³-hybridized carbons (Fsp3) is 0.0909. The van der Waals surface area contributed by atoms with Crippen LogP contribution in [-0.2, 0) is 14.8 Å². The second-order valence-electron chi connectivity index (χ2n) is 6.92. The second kappa shape index (κ2) is 11.2. The van der Waals surface area contributed by atoms with Crippen LogP contribution >= 0.6 is 23.2 Å². The molecule has 182 valence electrons. The average molecular weight is 537 g/mol. The van der Waals surface area contributed by atoms with Gasteiger partial charge in [-0.15, -0.1) is 0 Å². The van der Waals surface area contributed by atoms with Crippen LogP contribution in [0.4, 0.5) is 11.4 Å². The molecule has 0 aliphatic carbocycles. The number of rotatable bonds is 9. The molecular weight excluding hydrogens is 519 g/mol. The highest BCUT2D eigenvalue weighted by Crippen LogP contribution is 2.27. The maximum Gasteiger partial charge on any atom is 0.270 e. The minimum absolute atomic E-state index is 0.0713. The smallest absolute Gasteiger partial charge is 0.270 e. The lowest BCUT2D eigenvalue weighted by molar-refractivity contribution is -0.384. The maximum atomic E-state index is 13.4. The van der Waals surface area contributed by atoms with Gasteiger partial charge in [0.25, 0.3) is 21.6 Å². The van der Waals surface area contributed by atoms with Crippen LogP contribution in [0.25, 0.3) is 0 Å². The molecule has 0 radical (unpaired) electrons. The molecule has 0 fully saturated rings. The van der Waals surface area contributed by atoms with Crippen molar-refractivity contribution in [3.8, 4) is 5.75 Å². The molecule has 0 saturated heterocycles. The SMILES string of the molecule is COc1ccc(S(=O)(=O)N(CC(=O)N/N=C\c2cc([N+](=O)[O-])ccc2Cl)c2cccc(Cl)c2)cc1. The normalized spacial score (nSPS) is 11.3. The molecule has 13 heteroatoms. The van der Waals surface area contributed by atoms with Crippen LogP contribution in [0.1, 0.15) is 5.56 Å². The fourth-order valence-corrected chi connectivity index (χ4v) is 4.67. The molecule has 0 atom stereocenters. The summed E-state index contributed by atoms with van der Waals surface area (Å²) >= 11 is 12.0. The topological polar surface area (TPSA) is 131 Å². The Morgan fingerprint density at radius 1 is 1.14 bits per heavy atom. The van der Waals surface area contributed by atoms with E-state index >= 15 is 0 Å². The molecule has 3 aromatic rings. The molecule has 10 nitrogen and oxygen atoms in total. The molecule has 0 heterocycles. The number of nitrogens with one attached hydrogen (secondary N) is 1. The van der Waals surface area contributed by atoms with E-state index in [1.54, 1.807) is 12.1 Å². The molecule has 0 bridgehead atoms. The summed E-state index contributed by atoms with van der Waals surface area (Å²) in [5.41, 5.74) is 2.35. The van der Waals surface area contributed by atoms with Crippen LogP contribution in [0.5, 0.6) is 5.75 Å². The van der Waals surface area contributed by atoms with Gasteiger partial charge in [0.15, 0.2) is 0 Å². The molecule has 0 aliphatic heterocycles. The van der Waals surface area contributed by atoms with Crippen molar-refractivity contribution in [1.82, 2.24) is 5.43 Å². The first-order valence-electron chi connectivity index (χ1n) is 9.80. The van der Waals surface area contributed by atoms with Gasteiger partial charge in [0.05, 0.1) is 28.8 Å². The van der Waals surface area contributed by atoms with Gasteiger partial charge in [0.2, 0.25) is 0 Å². The van der Waals surface area contributed by atoms with E-state index in [9.17, 15) is 23.3 Å². The summed E-state index contributed by atoms with van der Waals surface area (Å²) in [5.74, 6) is -0.315. The molecule has 1 amide bonds. The number of anilines is 1. The zero-order chi connectivity index (χ0) is 25.6. The third kappa shape index (κ3) is 6.47. The molecule has 0 aliphatic rings. The van der Waals surface area contributed by atoms with Crippen molar-refractivity contribution in [2.24, 2.45) is 5.10 Å². The summed E-state index contributed by atoms with van der Waals surface area (Å²) < 4.78 is 32.7. The number of benzene rings is 3. The van der Waals surface area contributed by atoms with E-state index < -0.39 is 27.4 Å². The molecule has 35 heavy (non-hydrogen) atoms. The number of ether oxygens (including phenoxy) is 1. The van der Waals surface area contributed by atoms with Crippen LogP contribution in [0.2, 0.25) is 10.0 Å². The summed E-state index contributed by atoms with van der Waals surface area (Å²) in [6, 6.07) is 15.4. The number of nitro benzene ring substituents is 1. The molecule has 0 unspecified atom stereocenters. The standard InChI is InChI=1S/C22H18Cl2N4O6S/c1-34-19-6-8-20(9-7-19)35(32,33)27(17-4-2-3-16(23)12-17)14-22(29)26-25-13-15-11-18(28(30)31)5-10-21(15)24/h2-13H,14H2,1H3,(H,26,29)/b25-13-. The number of sulfonamides is 1. The van der Waals surface area contributed by atoms with Crippen LogP contribution in [0.3, 0.4) is 0 Å². The zero-order valence-electron chi connectivity index (χ0n) is 18.1. The summed E-state index contributed by atoms with van der Waals surface area (Å²) in [4.78, 5) is 22.9. The quantitative estimate of drug-likeness (QED) is 0.247. The van der Waals surface area contributed by atoms with Gasteiger partial charge in [0.1, 0.15) is 12.3 Å². The van der Waals surface area contributed by atoms with Gasteiger partial charge in [-0.05, 0) is 48.5 Å². The first kappa shape index (κ1) is 25.9. The lowest BCUT2D eigenvalue weighted by Gasteiger charge is -2.24. The number of carbonyl (C=O) groups excluding carboxylic acids is 1. The molecular formula is C22H18Cl2N4O6S. The van der Waals surface area contributed by atoms with Crippen molar-refractivity contribution in [2.45, 2.75) is 4.90 Å². The number of non-ortho nitro benzene ring substituents is 1. The predicted octanol–water partition coefficient (Wildman–Crippen LogP) is 4.26. The number of amides is 1. The lowest BCUT2D eigenvalue weighted by Crippen LogP contribution is -2.39. The van der Waals surface area contributed by atoms with Gasteiger partial charge < -0.3 is 4.74 Å². The van der Waals surface area contributed by atoms with E-state index in [1.807, 2.05) is 0 Å². The van der Waals surface area contributed by atoms with Gasteiger partial charge in [0, 0.05) is 27.7 Å². The largest absolute Gasteiger partial charge is 0.497 e. The number of hydrogen-bond acceptors (Lipinski definition) is 7. The van der Waals surface area contributed by atoms with E-state index in [-0.39, 0.29) is 31.9 Å². The highest BCUT2D eigenvalue weighted by Gasteiger charge is 2.27. The minimum Gasteiger partial charge on any atom is -0.497 e. The Morgan fingerprint density at radius 3 is 2.49 bits per heavy atom.